The summed E-state index contributed by atoms with van der Waals surface area (Å²) >= 11 is 0. The number of nitrogens with one attached hydrogen (secondary N) is 1. The third-order valence-corrected chi connectivity index (χ3v) is 4.34. The Hall–Kier alpha value is -1.75. The molecule has 0 saturated heterocycles. The Morgan fingerprint density at radius 1 is 1.58 bits per heavy atom. The minimum atomic E-state index is -3.45. The summed E-state index contributed by atoms with van der Waals surface area (Å²) in [5.74, 6) is 0.405. The molecule has 2 rings (SSSR count). The average molecular weight is 283 g/mol. The number of sulfone groups is 1. The van der Waals surface area contributed by atoms with Crippen LogP contribution in [-0.2, 0) is 16.4 Å². The third-order valence-electron chi connectivity index (χ3n) is 3.20. The van der Waals surface area contributed by atoms with Crippen LogP contribution in [-0.4, -0.2) is 30.5 Å². The summed E-state index contributed by atoms with van der Waals surface area (Å²) < 4.78 is 25.0. The van der Waals surface area contributed by atoms with Gasteiger partial charge in [-0.2, -0.15) is 10.4 Å². The first-order chi connectivity index (χ1) is 8.93. The number of hydrogen-bond acceptors (Lipinski definition) is 6. The van der Waals surface area contributed by atoms with E-state index in [9.17, 15) is 8.42 Å². The van der Waals surface area contributed by atoms with Gasteiger partial charge >= 0.3 is 0 Å². The van der Waals surface area contributed by atoms with Crippen LogP contribution >= 0.6 is 0 Å². The van der Waals surface area contributed by atoms with Gasteiger partial charge in [0.05, 0.1) is 19.0 Å². The molecule has 104 valence electrons. The van der Waals surface area contributed by atoms with Crippen LogP contribution in [0.2, 0.25) is 0 Å². The second-order valence-corrected chi connectivity index (χ2v) is 6.69. The van der Waals surface area contributed by atoms with Gasteiger partial charge < -0.3 is 11.1 Å². The number of hydrogen-bond donors (Lipinski definition) is 2. The summed E-state index contributed by atoms with van der Waals surface area (Å²) in [5, 5.41) is 15.9. The molecule has 1 saturated carbocycles. The first-order valence-electron chi connectivity index (χ1n) is 6.13. The third kappa shape index (κ3) is 2.81. The molecule has 0 spiro atoms. The monoisotopic (exact) mass is 283 g/mol. The molecule has 0 radical (unpaired) electrons. The highest BCUT2D eigenvalue weighted by molar-refractivity contribution is 7.91. The van der Waals surface area contributed by atoms with Crippen molar-refractivity contribution in [3.05, 3.63) is 0 Å². The van der Waals surface area contributed by atoms with Gasteiger partial charge in [0, 0.05) is 12.3 Å². The molecule has 7 nitrogen and oxygen atoms in total. The average Bonchev–Trinajstić information content (AvgIpc) is 2.57. The second-order valence-electron chi connectivity index (χ2n) is 4.74. The molecule has 0 atom stereocenters. The summed E-state index contributed by atoms with van der Waals surface area (Å²) in [6.07, 6.45) is 4.50. The van der Waals surface area contributed by atoms with E-state index in [0.29, 0.717) is 5.82 Å². The Kier molecular flexibility index (Phi) is 3.66. The highest BCUT2D eigenvalue weighted by Gasteiger charge is 2.27. The van der Waals surface area contributed by atoms with Crippen molar-refractivity contribution in [2.24, 2.45) is 0 Å². The van der Waals surface area contributed by atoms with E-state index in [1.54, 1.807) is 0 Å². The van der Waals surface area contributed by atoms with E-state index in [2.05, 4.69) is 10.4 Å². The molecule has 19 heavy (non-hydrogen) atoms. The van der Waals surface area contributed by atoms with Crippen molar-refractivity contribution in [3.63, 3.8) is 0 Å². The van der Waals surface area contributed by atoms with Crippen molar-refractivity contribution in [1.29, 1.82) is 5.26 Å². The van der Waals surface area contributed by atoms with Gasteiger partial charge in [0.2, 0.25) is 0 Å². The van der Waals surface area contributed by atoms with Gasteiger partial charge in [-0.1, -0.05) is 0 Å². The zero-order valence-electron chi connectivity index (χ0n) is 10.8. The van der Waals surface area contributed by atoms with Gasteiger partial charge in [0.25, 0.3) is 0 Å². The van der Waals surface area contributed by atoms with Crippen LogP contribution < -0.4 is 11.1 Å². The zero-order chi connectivity index (χ0) is 14.0. The normalized spacial score (nSPS) is 15.8. The molecule has 3 N–H and O–H groups in total. The molecule has 1 heterocycles. The Labute approximate surface area is 112 Å². The maximum absolute atomic E-state index is 11.8. The van der Waals surface area contributed by atoms with E-state index in [-0.39, 0.29) is 29.7 Å². The lowest BCUT2D eigenvalue weighted by molar-refractivity contribution is 0.443. The summed E-state index contributed by atoms with van der Waals surface area (Å²) in [6, 6.07) is 2.25. The first kappa shape index (κ1) is 13.7. The highest BCUT2D eigenvalue weighted by atomic mass is 32.2. The smallest absolute Gasteiger partial charge is 0.182 e. The molecule has 1 aromatic heterocycles. The van der Waals surface area contributed by atoms with Crippen molar-refractivity contribution in [2.45, 2.75) is 43.2 Å². The molecule has 0 aliphatic heterocycles. The standard InChI is InChI=1S/C11H17N5O2S/c1-19(17,18)9-10(13)16(7-3-6-12)15-11(9)14-8-4-2-5-8/h8H,2-5,7,13H2,1H3,(H,14,15). The molecule has 0 unspecified atom stereocenters. The van der Waals surface area contributed by atoms with Crippen LogP contribution in [0.4, 0.5) is 11.6 Å². The van der Waals surface area contributed by atoms with Gasteiger partial charge in [0.15, 0.2) is 20.6 Å². The van der Waals surface area contributed by atoms with Crippen LogP contribution in [0.1, 0.15) is 25.7 Å². The van der Waals surface area contributed by atoms with Crippen LogP contribution in [0.15, 0.2) is 4.90 Å². The molecule has 1 fully saturated rings. The Bertz CT molecular complexity index is 610. The van der Waals surface area contributed by atoms with E-state index < -0.39 is 9.84 Å². The number of nitrogens with zero attached hydrogens (tertiary/aromatic N) is 3. The van der Waals surface area contributed by atoms with E-state index in [1.807, 2.05) is 6.07 Å². The number of nitrogen functional groups attached to an aromatic ring is 1. The number of anilines is 2. The fourth-order valence-corrected chi connectivity index (χ4v) is 2.93. The lowest BCUT2D eigenvalue weighted by atomic mass is 9.93. The number of rotatable bonds is 5. The van der Waals surface area contributed by atoms with E-state index in [0.717, 1.165) is 25.5 Å². The highest BCUT2D eigenvalue weighted by Crippen LogP contribution is 2.31. The second kappa shape index (κ2) is 5.09. The van der Waals surface area contributed by atoms with Crippen molar-refractivity contribution in [3.8, 4) is 6.07 Å². The Balaban J connectivity index is 2.36. The van der Waals surface area contributed by atoms with Crippen molar-refractivity contribution >= 4 is 21.5 Å². The predicted molar refractivity (Wildman–Crippen MR) is 71.2 cm³/mol. The molecular formula is C11H17N5O2S. The summed E-state index contributed by atoms with van der Waals surface area (Å²) in [7, 11) is -3.45. The molecule has 0 bridgehead atoms. The summed E-state index contributed by atoms with van der Waals surface area (Å²) in [5.41, 5.74) is 5.84. The fourth-order valence-electron chi connectivity index (χ4n) is 1.99. The molecule has 0 amide bonds. The molecule has 8 heteroatoms. The molecular weight excluding hydrogens is 266 g/mol. The summed E-state index contributed by atoms with van der Waals surface area (Å²) in [4.78, 5) is 0.0392. The lowest BCUT2D eigenvalue weighted by Gasteiger charge is -2.26. The number of aromatic nitrogens is 2. The van der Waals surface area contributed by atoms with Gasteiger partial charge in [0.1, 0.15) is 5.82 Å². The maximum Gasteiger partial charge on any atom is 0.182 e. The van der Waals surface area contributed by atoms with Crippen LogP contribution in [0.5, 0.6) is 0 Å². The summed E-state index contributed by atoms with van der Waals surface area (Å²) in [6.45, 7) is 0.289. The quantitative estimate of drug-likeness (QED) is 0.824. The van der Waals surface area contributed by atoms with Crippen molar-refractivity contribution < 1.29 is 8.42 Å². The van der Waals surface area contributed by atoms with Gasteiger partial charge in [-0.3, -0.25) is 0 Å². The number of nitriles is 1. The first-order valence-corrected chi connectivity index (χ1v) is 8.02. The fraction of sp³-hybridized carbons (Fsp3) is 0.636. The topological polar surface area (TPSA) is 114 Å². The minimum absolute atomic E-state index is 0.0392. The zero-order valence-corrected chi connectivity index (χ0v) is 11.6. The largest absolute Gasteiger partial charge is 0.383 e. The SMILES string of the molecule is CS(=O)(=O)c1c(NC2CCC2)nn(CCC#N)c1N. The maximum atomic E-state index is 11.8. The molecule has 0 aromatic carbocycles. The van der Waals surface area contributed by atoms with E-state index in [1.165, 1.54) is 4.68 Å². The van der Waals surface area contributed by atoms with Crippen LogP contribution in [0.3, 0.4) is 0 Å². The lowest BCUT2D eigenvalue weighted by Crippen LogP contribution is -2.28. The van der Waals surface area contributed by atoms with Crippen LogP contribution in [0, 0.1) is 11.3 Å². The Morgan fingerprint density at radius 3 is 2.74 bits per heavy atom. The van der Waals surface area contributed by atoms with Gasteiger partial charge in [-0.15, -0.1) is 0 Å². The number of aryl methyl sites for hydroxylation is 1. The van der Waals surface area contributed by atoms with Crippen LogP contribution in [0.25, 0.3) is 0 Å². The number of nitrogens with two attached hydrogens (primary N) is 1. The van der Waals surface area contributed by atoms with Gasteiger partial charge in [-0.25, -0.2) is 13.1 Å². The van der Waals surface area contributed by atoms with Crippen molar-refractivity contribution in [1.82, 2.24) is 9.78 Å². The molecule has 1 aliphatic rings. The predicted octanol–water partition coefficient (Wildman–Crippen LogP) is 0.747. The molecule has 1 aliphatic carbocycles. The minimum Gasteiger partial charge on any atom is -0.383 e. The van der Waals surface area contributed by atoms with Gasteiger partial charge in [-0.05, 0) is 19.3 Å². The van der Waals surface area contributed by atoms with Crippen molar-refractivity contribution in [2.75, 3.05) is 17.3 Å². The van der Waals surface area contributed by atoms with E-state index >= 15 is 0 Å². The Morgan fingerprint density at radius 2 is 2.26 bits per heavy atom. The molecule has 1 aromatic rings. The van der Waals surface area contributed by atoms with E-state index in [4.69, 9.17) is 11.0 Å².